The molecule has 3 heterocycles. The lowest BCUT2D eigenvalue weighted by atomic mass is 10.1. The highest BCUT2D eigenvalue weighted by atomic mass is 35.5. The molecule has 0 spiro atoms. The minimum atomic E-state index is 0.145. The molecule has 0 saturated carbocycles. The number of nitrogens with zero attached hydrogens (tertiary/aromatic N) is 2. The first-order chi connectivity index (χ1) is 16.2. The number of rotatable bonds is 6. The highest BCUT2D eigenvalue weighted by Crippen LogP contribution is 2.40. The summed E-state index contributed by atoms with van der Waals surface area (Å²) in [6.45, 7) is 1.10. The normalized spacial score (nSPS) is 13.0. The molecule has 5 rings (SSSR count). The number of Topliss-reactive ketones (excluding diaryl/α,β-unsaturated/α-hetero) is 1. The van der Waals surface area contributed by atoms with Crippen LogP contribution in [0.25, 0.3) is 10.4 Å². The molecule has 0 amide bonds. The molecule has 0 aliphatic carbocycles. The molecule has 1 aliphatic rings. The van der Waals surface area contributed by atoms with Crippen molar-refractivity contribution in [2.75, 3.05) is 4.90 Å². The molecule has 0 unspecified atom stereocenters. The van der Waals surface area contributed by atoms with Gasteiger partial charge in [0.1, 0.15) is 12.4 Å². The SMILES string of the molecule is O=C1CC=CN(Cc2ccc(Cl)cc2)c2cc(-c3ccc(OCc4ccccn4)cc3)sc21. The van der Waals surface area contributed by atoms with E-state index in [1.165, 1.54) is 11.3 Å². The molecule has 0 atom stereocenters. The van der Waals surface area contributed by atoms with Crippen LogP contribution in [0.4, 0.5) is 5.69 Å². The van der Waals surface area contributed by atoms with Gasteiger partial charge in [0.05, 0.1) is 16.3 Å². The number of hydrogen-bond acceptors (Lipinski definition) is 5. The zero-order chi connectivity index (χ0) is 22.6. The van der Waals surface area contributed by atoms with Crippen LogP contribution < -0.4 is 9.64 Å². The minimum Gasteiger partial charge on any atom is -0.487 e. The highest BCUT2D eigenvalue weighted by molar-refractivity contribution is 7.18. The van der Waals surface area contributed by atoms with E-state index in [1.807, 2.05) is 79.0 Å². The number of anilines is 1. The van der Waals surface area contributed by atoms with Gasteiger partial charge in [0, 0.05) is 35.3 Å². The Morgan fingerprint density at radius 1 is 1.03 bits per heavy atom. The summed E-state index contributed by atoms with van der Waals surface area (Å²) in [5.41, 5.74) is 4.02. The van der Waals surface area contributed by atoms with E-state index in [0.29, 0.717) is 24.6 Å². The number of ether oxygens (including phenoxy) is 1. The van der Waals surface area contributed by atoms with Crippen LogP contribution >= 0.6 is 22.9 Å². The largest absolute Gasteiger partial charge is 0.487 e. The number of allylic oxidation sites excluding steroid dienone is 1. The monoisotopic (exact) mass is 472 g/mol. The Balaban J connectivity index is 1.36. The number of pyridine rings is 1. The van der Waals surface area contributed by atoms with E-state index >= 15 is 0 Å². The van der Waals surface area contributed by atoms with E-state index in [9.17, 15) is 4.79 Å². The third-order valence-electron chi connectivity index (χ3n) is 5.38. The predicted octanol–water partition coefficient (Wildman–Crippen LogP) is 7.15. The molecule has 4 aromatic rings. The van der Waals surface area contributed by atoms with E-state index in [0.717, 1.165) is 38.0 Å². The van der Waals surface area contributed by atoms with Crippen molar-refractivity contribution in [1.82, 2.24) is 4.98 Å². The van der Waals surface area contributed by atoms with Crippen LogP contribution in [-0.2, 0) is 13.2 Å². The fourth-order valence-corrected chi connectivity index (χ4v) is 4.93. The molecular weight excluding hydrogens is 452 g/mol. The van der Waals surface area contributed by atoms with Crippen LogP contribution in [-0.4, -0.2) is 10.8 Å². The van der Waals surface area contributed by atoms with E-state index in [-0.39, 0.29) is 5.78 Å². The number of hydrogen-bond donors (Lipinski definition) is 0. The number of ketones is 1. The van der Waals surface area contributed by atoms with Crippen molar-refractivity contribution in [2.24, 2.45) is 0 Å². The lowest BCUT2D eigenvalue weighted by Crippen LogP contribution is -2.15. The van der Waals surface area contributed by atoms with Gasteiger partial charge in [-0.1, -0.05) is 35.9 Å². The summed E-state index contributed by atoms with van der Waals surface area (Å²) in [6.07, 6.45) is 6.10. The zero-order valence-electron chi connectivity index (χ0n) is 17.8. The van der Waals surface area contributed by atoms with Crippen molar-refractivity contribution < 1.29 is 9.53 Å². The van der Waals surface area contributed by atoms with E-state index in [2.05, 4.69) is 16.0 Å². The Hall–Kier alpha value is -3.41. The van der Waals surface area contributed by atoms with Crippen LogP contribution in [0.3, 0.4) is 0 Å². The van der Waals surface area contributed by atoms with Crippen LogP contribution in [0.15, 0.2) is 91.3 Å². The average molecular weight is 473 g/mol. The molecule has 1 aliphatic heterocycles. The fraction of sp³-hybridized carbons (Fsp3) is 0.111. The van der Waals surface area contributed by atoms with Crippen molar-refractivity contribution in [3.63, 3.8) is 0 Å². The molecule has 0 fully saturated rings. The third-order valence-corrected chi connectivity index (χ3v) is 6.85. The van der Waals surface area contributed by atoms with Gasteiger partial charge in [0.15, 0.2) is 5.78 Å². The van der Waals surface area contributed by atoms with Gasteiger partial charge in [0.2, 0.25) is 0 Å². The Morgan fingerprint density at radius 2 is 1.85 bits per heavy atom. The number of benzene rings is 2. The van der Waals surface area contributed by atoms with Gasteiger partial charge in [-0.3, -0.25) is 9.78 Å². The molecule has 164 valence electrons. The molecule has 0 saturated heterocycles. The molecule has 4 nitrogen and oxygen atoms in total. The first kappa shape index (κ1) is 21.4. The van der Waals surface area contributed by atoms with Crippen LogP contribution in [0.5, 0.6) is 5.75 Å². The smallest absolute Gasteiger partial charge is 0.178 e. The topological polar surface area (TPSA) is 42.4 Å². The summed E-state index contributed by atoms with van der Waals surface area (Å²) < 4.78 is 5.85. The van der Waals surface area contributed by atoms with Crippen molar-refractivity contribution >= 4 is 34.4 Å². The lowest BCUT2D eigenvalue weighted by molar-refractivity contribution is 0.100. The second-order valence-corrected chi connectivity index (χ2v) is 9.21. The Bertz CT molecular complexity index is 1280. The first-order valence-electron chi connectivity index (χ1n) is 10.6. The van der Waals surface area contributed by atoms with Crippen LogP contribution in [0.2, 0.25) is 5.02 Å². The molecule has 33 heavy (non-hydrogen) atoms. The van der Waals surface area contributed by atoms with Crippen molar-refractivity contribution in [2.45, 2.75) is 19.6 Å². The molecular formula is C27H21ClN2O2S. The van der Waals surface area contributed by atoms with Gasteiger partial charge in [-0.15, -0.1) is 11.3 Å². The summed E-state index contributed by atoms with van der Waals surface area (Å²) in [4.78, 5) is 21.0. The van der Waals surface area contributed by atoms with Gasteiger partial charge in [0.25, 0.3) is 0 Å². The number of carbonyl (C=O) groups is 1. The Kier molecular flexibility index (Phi) is 6.24. The standard InChI is InChI=1S/C27H21ClN2O2S/c28-21-10-6-19(7-11-21)17-30-15-3-5-25(31)27-24(30)16-26(33-27)20-8-12-23(13-9-20)32-18-22-4-1-2-14-29-22/h1-4,6-16H,5,17-18H2. The number of aromatic nitrogens is 1. The Morgan fingerprint density at radius 3 is 2.61 bits per heavy atom. The highest BCUT2D eigenvalue weighted by Gasteiger charge is 2.22. The maximum atomic E-state index is 12.8. The van der Waals surface area contributed by atoms with Gasteiger partial charge in [-0.2, -0.15) is 0 Å². The first-order valence-corrected chi connectivity index (χ1v) is 11.8. The lowest BCUT2D eigenvalue weighted by Gasteiger charge is -2.19. The predicted molar refractivity (Wildman–Crippen MR) is 134 cm³/mol. The maximum absolute atomic E-state index is 12.8. The number of thiophene rings is 1. The minimum absolute atomic E-state index is 0.145. The second kappa shape index (κ2) is 9.61. The van der Waals surface area contributed by atoms with Crippen molar-refractivity contribution in [3.8, 4) is 16.2 Å². The molecule has 0 radical (unpaired) electrons. The van der Waals surface area contributed by atoms with Gasteiger partial charge < -0.3 is 9.64 Å². The van der Waals surface area contributed by atoms with E-state index in [1.54, 1.807) is 6.20 Å². The summed E-state index contributed by atoms with van der Waals surface area (Å²) in [6, 6.07) is 23.7. The number of halogens is 1. The quantitative estimate of drug-likeness (QED) is 0.299. The van der Waals surface area contributed by atoms with Crippen LogP contribution in [0.1, 0.15) is 27.3 Å². The fourth-order valence-electron chi connectivity index (χ4n) is 3.68. The molecule has 0 N–H and O–H groups in total. The molecule has 2 aromatic heterocycles. The number of fused-ring (bicyclic) bond motifs is 1. The van der Waals surface area contributed by atoms with Gasteiger partial charge in [-0.25, -0.2) is 0 Å². The second-order valence-electron chi connectivity index (χ2n) is 7.73. The summed E-state index contributed by atoms with van der Waals surface area (Å²) in [5.74, 6) is 0.928. The molecule has 6 heteroatoms. The van der Waals surface area contributed by atoms with Crippen molar-refractivity contribution in [1.29, 1.82) is 0 Å². The third kappa shape index (κ3) is 5.00. The Labute approximate surface area is 201 Å². The summed E-state index contributed by atoms with van der Waals surface area (Å²) in [7, 11) is 0. The van der Waals surface area contributed by atoms with Gasteiger partial charge in [-0.05, 0) is 65.7 Å². The zero-order valence-corrected chi connectivity index (χ0v) is 19.4. The van der Waals surface area contributed by atoms with E-state index in [4.69, 9.17) is 16.3 Å². The molecule has 0 bridgehead atoms. The number of carbonyl (C=O) groups excluding carboxylic acids is 1. The van der Waals surface area contributed by atoms with E-state index < -0.39 is 0 Å². The van der Waals surface area contributed by atoms with Crippen LogP contribution in [0, 0.1) is 0 Å². The van der Waals surface area contributed by atoms with Gasteiger partial charge >= 0.3 is 0 Å². The summed E-state index contributed by atoms with van der Waals surface area (Å²) >= 11 is 7.57. The summed E-state index contributed by atoms with van der Waals surface area (Å²) in [5, 5.41) is 0.714. The van der Waals surface area contributed by atoms with Crippen molar-refractivity contribution in [3.05, 3.63) is 112 Å². The maximum Gasteiger partial charge on any atom is 0.178 e. The average Bonchev–Trinajstić information content (AvgIpc) is 3.24. The molecule has 2 aromatic carbocycles.